The summed E-state index contributed by atoms with van der Waals surface area (Å²) in [7, 11) is -9.24. The Balaban J connectivity index is 0.000000248. The zero-order chi connectivity index (χ0) is 42.1. The number of aliphatic hydroxyl groups is 2. The summed E-state index contributed by atoms with van der Waals surface area (Å²) in [6, 6.07) is 9.68. The molecular weight excluding hydrogens is 883 g/mol. The molecular formula is C34H16F12MnO8S2. The largest absolute Gasteiger partial charge is 0.506 e. The molecule has 0 bridgehead atoms. The zero-order valence-electron chi connectivity index (χ0n) is 27.2. The van der Waals surface area contributed by atoms with E-state index in [1.54, 1.807) is 0 Å². The minimum Gasteiger partial charge on any atom is -0.506 e. The molecule has 2 N–H and O–H groups in total. The van der Waals surface area contributed by atoms with Crippen molar-refractivity contribution in [1.29, 1.82) is 0 Å². The average Bonchev–Trinajstić information content (AvgIpc) is 3.43. The van der Waals surface area contributed by atoms with Crippen LogP contribution in [0.15, 0.2) is 105 Å². The number of allylic oxidation sites excluding steroid dienone is 2. The van der Waals surface area contributed by atoms with E-state index >= 15 is 0 Å². The van der Waals surface area contributed by atoms with Crippen LogP contribution in [-0.2, 0) is 61.4 Å². The van der Waals surface area contributed by atoms with Gasteiger partial charge in [-0.05, 0) is 60.7 Å². The van der Waals surface area contributed by atoms with Gasteiger partial charge in [-0.25, -0.2) is 16.8 Å². The number of benzene rings is 4. The Bertz CT molecular complexity index is 2380. The summed E-state index contributed by atoms with van der Waals surface area (Å²) in [6.07, 6.45) is -20.9. The Labute approximate surface area is 322 Å². The van der Waals surface area contributed by atoms with E-state index in [2.05, 4.69) is 0 Å². The number of rotatable bonds is 4. The Kier molecular flexibility index (Phi) is 11.5. The van der Waals surface area contributed by atoms with Crippen molar-refractivity contribution in [2.75, 3.05) is 0 Å². The van der Waals surface area contributed by atoms with Crippen LogP contribution in [0.1, 0.15) is 54.1 Å². The van der Waals surface area contributed by atoms with Gasteiger partial charge in [0.2, 0.25) is 31.2 Å². The van der Waals surface area contributed by atoms with Crippen LogP contribution in [0.4, 0.5) is 52.7 Å². The van der Waals surface area contributed by atoms with E-state index in [1.807, 2.05) is 0 Å². The number of alkyl halides is 12. The van der Waals surface area contributed by atoms with Gasteiger partial charge < -0.3 is 10.2 Å². The molecule has 0 fully saturated rings. The number of carbonyl (C=O) groups excluding carboxylic acids is 2. The summed E-state index contributed by atoms with van der Waals surface area (Å²) in [5, 5.41) is 20.2. The zero-order valence-corrected chi connectivity index (χ0v) is 30.0. The molecule has 0 aliphatic carbocycles. The van der Waals surface area contributed by atoms with Crippen LogP contribution in [0.5, 0.6) is 0 Å². The van der Waals surface area contributed by atoms with Crippen molar-refractivity contribution < 1.29 is 106 Å². The predicted octanol–water partition coefficient (Wildman–Crippen LogP) is 9.24. The molecule has 2 aliphatic heterocycles. The molecule has 23 heteroatoms. The fourth-order valence-corrected chi connectivity index (χ4v) is 8.72. The number of aliphatic hydroxyl groups excluding tert-OH is 2. The fourth-order valence-electron chi connectivity index (χ4n) is 5.41. The molecule has 8 nitrogen and oxygen atoms in total. The molecule has 6 rings (SSSR count). The number of hydrogen-bond donors (Lipinski definition) is 2. The first-order valence-electron chi connectivity index (χ1n) is 14.7. The van der Waals surface area contributed by atoms with Crippen molar-refractivity contribution in [1.82, 2.24) is 0 Å². The number of fused-ring (bicyclic) bond motifs is 2. The van der Waals surface area contributed by atoms with E-state index in [0.717, 1.165) is 24.3 Å². The third kappa shape index (κ3) is 8.32. The predicted molar refractivity (Wildman–Crippen MR) is 168 cm³/mol. The Hall–Kier alpha value is -5.12. The summed E-state index contributed by atoms with van der Waals surface area (Å²) in [5.41, 5.74) is -9.99. The van der Waals surface area contributed by atoms with E-state index in [9.17, 15) is 89.3 Å². The number of carbonyl (C=O) groups is 2. The first-order chi connectivity index (χ1) is 25.5. The van der Waals surface area contributed by atoms with Crippen molar-refractivity contribution in [2.24, 2.45) is 0 Å². The molecule has 1 radical (unpaired) electrons. The van der Waals surface area contributed by atoms with Crippen molar-refractivity contribution in [3.63, 3.8) is 0 Å². The summed E-state index contributed by atoms with van der Waals surface area (Å²) in [5.74, 6) is -5.42. The number of hydrogen-bond acceptors (Lipinski definition) is 8. The first kappa shape index (κ1) is 44.6. The van der Waals surface area contributed by atoms with E-state index in [1.165, 1.54) is 24.3 Å². The standard InChI is InChI=1S/2C17H8F6O4S.Mn/c2*18-16(19,20)9-5-8(6-10(7-9)17(21,22)23)13(24)15-14(25)11-3-1-2-4-12(11)28(15,26)27;/h2*1-7,25H;. The van der Waals surface area contributed by atoms with Gasteiger partial charge >= 0.3 is 24.7 Å². The first-order valence-corrected chi connectivity index (χ1v) is 17.7. The van der Waals surface area contributed by atoms with Gasteiger partial charge in [0.05, 0.1) is 32.0 Å². The smallest absolute Gasteiger partial charge is 0.416 e. The molecule has 0 unspecified atom stereocenters. The number of halogens is 12. The van der Waals surface area contributed by atoms with Gasteiger partial charge in [0.1, 0.15) is 11.5 Å². The summed E-state index contributed by atoms with van der Waals surface area (Å²) < 4.78 is 206. The maximum Gasteiger partial charge on any atom is 0.416 e. The summed E-state index contributed by atoms with van der Waals surface area (Å²) in [6.45, 7) is 0. The molecule has 0 aromatic heterocycles. The molecule has 0 saturated carbocycles. The Morgan fingerprint density at radius 3 is 0.912 bits per heavy atom. The normalized spacial score (nSPS) is 15.9. The number of Topliss-reactive ketones (excluding diaryl/α,β-unsaturated/α-hetero) is 2. The molecule has 4 aromatic rings. The molecule has 4 aromatic carbocycles. The number of sulfone groups is 2. The van der Waals surface area contributed by atoms with Gasteiger partial charge in [-0.3, -0.25) is 9.59 Å². The van der Waals surface area contributed by atoms with Crippen molar-refractivity contribution >= 4 is 42.8 Å². The van der Waals surface area contributed by atoms with Gasteiger partial charge in [-0.1, -0.05) is 24.3 Å². The van der Waals surface area contributed by atoms with Gasteiger partial charge in [-0.2, -0.15) is 52.7 Å². The maximum atomic E-state index is 13.0. The van der Waals surface area contributed by atoms with Crippen LogP contribution in [0.2, 0.25) is 0 Å². The minimum atomic E-state index is -5.22. The fraction of sp³-hybridized carbons (Fsp3) is 0.118. The van der Waals surface area contributed by atoms with Crippen molar-refractivity contribution in [3.05, 3.63) is 139 Å². The SMILES string of the molecule is O=C(C1=C(O)c2ccccc2S1(=O)=O)c1cc(C(F)(F)F)cc(C(F)(F)F)c1.O=C(C1=C(O)c2ccccc2S1(=O)=O)c1cc(C(F)(F)F)cc(C(F)(F)F)c1.[Mn]. The van der Waals surface area contributed by atoms with Crippen LogP contribution in [0.3, 0.4) is 0 Å². The molecule has 303 valence electrons. The maximum absolute atomic E-state index is 13.0. The average molecular weight is 900 g/mol. The molecule has 2 heterocycles. The molecule has 2 aliphatic rings. The molecule has 0 spiro atoms. The third-order valence-corrected chi connectivity index (χ3v) is 11.6. The molecule has 0 saturated heterocycles. The van der Waals surface area contributed by atoms with Gasteiger partial charge in [0.15, 0.2) is 9.81 Å². The van der Waals surface area contributed by atoms with Crippen molar-refractivity contribution in [3.8, 4) is 0 Å². The summed E-state index contributed by atoms with van der Waals surface area (Å²) >= 11 is 0. The van der Waals surface area contributed by atoms with Gasteiger partial charge in [0, 0.05) is 39.3 Å². The van der Waals surface area contributed by atoms with E-state index < -0.39 is 120 Å². The topological polar surface area (TPSA) is 143 Å². The monoisotopic (exact) mass is 899 g/mol. The van der Waals surface area contributed by atoms with E-state index in [4.69, 9.17) is 0 Å². The quantitative estimate of drug-likeness (QED) is 0.117. The van der Waals surface area contributed by atoms with Crippen LogP contribution in [0.25, 0.3) is 11.5 Å². The second-order valence-corrected chi connectivity index (χ2v) is 15.3. The van der Waals surface area contributed by atoms with E-state index in [-0.39, 0.29) is 64.6 Å². The van der Waals surface area contributed by atoms with Crippen LogP contribution < -0.4 is 0 Å². The second-order valence-electron chi connectivity index (χ2n) is 11.6. The van der Waals surface area contributed by atoms with Gasteiger partial charge in [0.25, 0.3) is 0 Å². The Morgan fingerprint density at radius 1 is 0.439 bits per heavy atom. The second kappa shape index (κ2) is 14.7. The molecule has 57 heavy (non-hydrogen) atoms. The van der Waals surface area contributed by atoms with Crippen molar-refractivity contribution in [2.45, 2.75) is 34.5 Å². The minimum absolute atomic E-state index is 0. The summed E-state index contributed by atoms with van der Waals surface area (Å²) in [4.78, 5) is 21.6. The molecule has 0 amide bonds. The van der Waals surface area contributed by atoms with E-state index in [0.29, 0.717) is 0 Å². The van der Waals surface area contributed by atoms with Crippen LogP contribution in [-0.4, -0.2) is 38.6 Å². The number of ketones is 2. The molecule has 0 atom stereocenters. The third-order valence-electron chi connectivity index (χ3n) is 7.94. The van der Waals surface area contributed by atoms with Gasteiger partial charge in [-0.15, -0.1) is 0 Å². The Morgan fingerprint density at radius 2 is 0.684 bits per heavy atom. The van der Waals surface area contributed by atoms with Crippen LogP contribution >= 0.6 is 0 Å². The van der Waals surface area contributed by atoms with Crippen LogP contribution in [0, 0.1) is 0 Å².